The number of aromatic nitrogens is 2. The Morgan fingerprint density at radius 3 is 2.69 bits per heavy atom. The summed E-state index contributed by atoms with van der Waals surface area (Å²) >= 11 is 0. The molecule has 0 aliphatic carbocycles. The summed E-state index contributed by atoms with van der Waals surface area (Å²) in [5.41, 5.74) is 2.16. The highest BCUT2D eigenvalue weighted by Crippen LogP contribution is 2.20. The number of nitrogens with zero attached hydrogens (tertiary/aromatic N) is 2. The molecule has 0 saturated carbocycles. The van der Waals surface area contributed by atoms with E-state index in [1.165, 1.54) is 0 Å². The average Bonchev–Trinajstić information content (AvgIpc) is 2.74. The van der Waals surface area contributed by atoms with Gasteiger partial charge in [0.2, 0.25) is 16.0 Å². The van der Waals surface area contributed by atoms with E-state index in [4.69, 9.17) is 0 Å². The fraction of sp³-hybridized carbons (Fsp3) is 0.143. The maximum atomic E-state index is 12.4. The van der Waals surface area contributed by atoms with Crippen LogP contribution >= 0.6 is 0 Å². The quantitative estimate of drug-likeness (QED) is 0.498. The zero-order valence-corrected chi connectivity index (χ0v) is 16.3. The highest BCUT2D eigenvalue weighted by atomic mass is 32.2. The van der Waals surface area contributed by atoms with Gasteiger partial charge in [-0.25, -0.2) is 18.1 Å². The van der Waals surface area contributed by atoms with Gasteiger partial charge < -0.3 is 10.6 Å². The second-order valence-corrected chi connectivity index (χ2v) is 8.17. The summed E-state index contributed by atoms with van der Waals surface area (Å²) in [5, 5.41) is 6.29. The first-order chi connectivity index (χ1) is 14.1. The number of sulfonamides is 1. The van der Waals surface area contributed by atoms with Crippen molar-refractivity contribution in [2.75, 3.05) is 23.7 Å². The van der Waals surface area contributed by atoms with Crippen LogP contribution in [0.25, 0.3) is 0 Å². The Balaban J connectivity index is 1.69. The molecule has 8 heteroatoms. The summed E-state index contributed by atoms with van der Waals surface area (Å²) in [7, 11) is -3.56. The summed E-state index contributed by atoms with van der Waals surface area (Å²) in [6.07, 6.45) is 2.25. The zero-order valence-electron chi connectivity index (χ0n) is 15.5. The number of anilines is 3. The Kier molecular flexibility index (Phi) is 5.42. The highest BCUT2D eigenvalue weighted by molar-refractivity contribution is 7.89. The largest absolute Gasteiger partial charge is 0.369 e. The van der Waals surface area contributed by atoms with Crippen molar-refractivity contribution in [3.63, 3.8) is 0 Å². The normalized spacial score (nSPS) is 15.2. The standard InChI is InChI=1S/C21H19N5O2S/c27-29(28)19-9-4-8-18(14-19)25-21-23-15-17(11-10-16-6-2-1-3-7-16)20(26-21)22-12-5-13-24-29/h1-4,6-9,14-15,24H,5,12-13H2,(H2,22,23,25,26). The number of benzene rings is 2. The van der Waals surface area contributed by atoms with Crippen molar-refractivity contribution in [3.05, 3.63) is 71.9 Å². The first kappa shape index (κ1) is 18.9. The molecule has 0 spiro atoms. The van der Waals surface area contributed by atoms with Gasteiger partial charge in [0.1, 0.15) is 5.82 Å². The summed E-state index contributed by atoms with van der Waals surface area (Å²) in [4.78, 5) is 9.06. The third kappa shape index (κ3) is 4.71. The molecule has 4 rings (SSSR count). The number of hydrogen-bond acceptors (Lipinski definition) is 6. The molecule has 29 heavy (non-hydrogen) atoms. The lowest BCUT2D eigenvalue weighted by molar-refractivity contribution is 0.580. The third-order valence-electron chi connectivity index (χ3n) is 4.24. The van der Waals surface area contributed by atoms with Crippen molar-refractivity contribution in [3.8, 4) is 11.8 Å². The van der Waals surface area contributed by atoms with Crippen molar-refractivity contribution in [1.82, 2.24) is 14.7 Å². The SMILES string of the molecule is O=S1(=O)NCCCNc2nc(ncc2C#Cc2ccccc2)Nc2cccc1c2. The lowest BCUT2D eigenvalue weighted by Gasteiger charge is -2.10. The summed E-state index contributed by atoms with van der Waals surface area (Å²) < 4.78 is 27.5. The van der Waals surface area contributed by atoms with Gasteiger partial charge in [-0.1, -0.05) is 36.1 Å². The van der Waals surface area contributed by atoms with Crippen LogP contribution in [-0.4, -0.2) is 31.5 Å². The van der Waals surface area contributed by atoms with Gasteiger partial charge in [0, 0.05) is 24.3 Å². The van der Waals surface area contributed by atoms with E-state index in [1.54, 1.807) is 30.5 Å². The maximum Gasteiger partial charge on any atom is 0.240 e. The van der Waals surface area contributed by atoms with Crippen LogP contribution in [0.5, 0.6) is 0 Å². The Morgan fingerprint density at radius 2 is 1.83 bits per heavy atom. The molecule has 1 aliphatic heterocycles. The van der Waals surface area contributed by atoms with Crippen LogP contribution in [0.4, 0.5) is 17.5 Å². The summed E-state index contributed by atoms with van der Waals surface area (Å²) in [6.45, 7) is 0.854. The first-order valence-corrected chi connectivity index (χ1v) is 10.6. The summed E-state index contributed by atoms with van der Waals surface area (Å²) in [6, 6.07) is 16.2. The first-order valence-electron chi connectivity index (χ1n) is 9.15. The number of hydrogen-bond donors (Lipinski definition) is 3. The Bertz CT molecular complexity index is 1180. The molecule has 0 radical (unpaired) electrons. The monoisotopic (exact) mass is 405 g/mol. The molecular formula is C21H19N5O2S. The molecule has 0 amide bonds. The van der Waals surface area contributed by atoms with Gasteiger partial charge in [-0.05, 0) is 36.8 Å². The van der Waals surface area contributed by atoms with E-state index in [0.29, 0.717) is 42.5 Å². The van der Waals surface area contributed by atoms with Crippen LogP contribution < -0.4 is 15.4 Å². The number of rotatable bonds is 0. The molecule has 0 saturated heterocycles. The second-order valence-electron chi connectivity index (χ2n) is 6.40. The minimum absolute atomic E-state index is 0.195. The van der Waals surface area contributed by atoms with Crippen LogP contribution in [0.2, 0.25) is 0 Å². The molecule has 0 unspecified atom stereocenters. The van der Waals surface area contributed by atoms with Gasteiger partial charge in [-0.2, -0.15) is 4.98 Å². The van der Waals surface area contributed by atoms with Crippen LogP contribution in [0.1, 0.15) is 17.5 Å². The lowest BCUT2D eigenvalue weighted by Crippen LogP contribution is -2.26. The van der Waals surface area contributed by atoms with Gasteiger partial charge in [0.15, 0.2) is 0 Å². The zero-order chi connectivity index (χ0) is 20.1. The van der Waals surface area contributed by atoms with Gasteiger partial charge in [-0.3, -0.25) is 0 Å². The molecule has 146 valence electrons. The maximum absolute atomic E-state index is 12.4. The molecule has 1 aromatic heterocycles. The van der Waals surface area contributed by atoms with Gasteiger partial charge in [0.05, 0.1) is 16.7 Å². The fourth-order valence-electron chi connectivity index (χ4n) is 2.78. The molecule has 1 aliphatic rings. The van der Waals surface area contributed by atoms with E-state index in [-0.39, 0.29) is 4.90 Å². The van der Waals surface area contributed by atoms with Crippen molar-refractivity contribution in [2.24, 2.45) is 0 Å². The van der Waals surface area contributed by atoms with E-state index in [1.807, 2.05) is 30.3 Å². The van der Waals surface area contributed by atoms with E-state index < -0.39 is 10.0 Å². The molecule has 3 aromatic rings. The number of nitrogens with one attached hydrogen (secondary N) is 3. The van der Waals surface area contributed by atoms with E-state index in [2.05, 4.69) is 37.2 Å². The van der Waals surface area contributed by atoms with Gasteiger partial charge >= 0.3 is 0 Å². The van der Waals surface area contributed by atoms with Gasteiger partial charge in [0.25, 0.3) is 0 Å². The molecule has 2 heterocycles. The van der Waals surface area contributed by atoms with Crippen LogP contribution in [-0.2, 0) is 10.0 Å². The third-order valence-corrected chi connectivity index (χ3v) is 5.70. The Labute approximate surface area is 169 Å². The molecule has 0 atom stereocenters. The van der Waals surface area contributed by atoms with Crippen LogP contribution in [0, 0.1) is 11.8 Å². The minimum atomic E-state index is -3.56. The number of fused-ring (bicyclic) bond motifs is 4. The van der Waals surface area contributed by atoms with Gasteiger partial charge in [-0.15, -0.1) is 0 Å². The molecule has 0 fully saturated rings. The predicted molar refractivity (Wildman–Crippen MR) is 112 cm³/mol. The fourth-order valence-corrected chi connectivity index (χ4v) is 3.90. The van der Waals surface area contributed by atoms with Crippen molar-refractivity contribution < 1.29 is 8.42 Å². The topological polar surface area (TPSA) is 96.0 Å². The molecule has 2 aromatic carbocycles. The second kappa shape index (κ2) is 8.31. The Morgan fingerprint density at radius 1 is 0.966 bits per heavy atom. The van der Waals surface area contributed by atoms with E-state index >= 15 is 0 Å². The predicted octanol–water partition coefficient (Wildman–Crippen LogP) is 2.71. The molecule has 3 N–H and O–H groups in total. The van der Waals surface area contributed by atoms with Crippen molar-refractivity contribution in [2.45, 2.75) is 11.3 Å². The van der Waals surface area contributed by atoms with Crippen molar-refractivity contribution >= 4 is 27.5 Å². The average molecular weight is 405 g/mol. The van der Waals surface area contributed by atoms with Crippen LogP contribution in [0.3, 0.4) is 0 Å². The molecular weight excluding hydrogens is 386 g/mol. The Hall–Kier alpha value is -3.41. The van der Waals surface area contributed by atoms with Crippen molar-refractivity contribution in [1.29, 1.82) is 0 Å². The summed E-state index contributed by atoms with van der Waals surface area (Å²) in [5.74, 6) is 7.18. The van der Waals surface area contributed by atoms with E-state index in [0.717, 1.165) is 5.56 Å². The smallest absolute Gasteiger partial charge is 0.240 e. The van der Waals surface area contributed by atoms with E-state index in [9.17, 15) is 8.42 Å². The molecule has 4 bridgehead atoms. The molecule has 7 nitrogen and oxygen atoms in total. The minimum Gasteiger partial charge on any atom is -0.369 e. The van der Waals surface area contributed by atoms with Crippen LogP contribution in [0.15, 0.2) is 65.7 Å². The highest BCUT2D eigenvalue weighted by Gasteiger charge is 2.15. The lowest BCUT2D eigenvalue weighted by atomic mass is 10.2.